The van der Waals surface area contributed by atoms with E-state index >= 15 is 0 Å². The second kappa shape index (κ2) is 10.6. The molecule has 0 radical (unpaired) electrons. The number of hydroxylamine groups is 1. The number of ether oxygens (including phenoxy) is 2. The van der Waals surface area contributed by atoms with Gasteiger partial charge in [-0.05, 0) is 24.3 Å². The van der Waals surface area contributed by atoms with Gasteiger partial charge >= 0.3 is 12.1 Å². The van der Waals surface area contributed by atoms with Gasteiger partial charge in [-0.3, -0.25) is 25.2 Å². The molecule has 0 saturated heterocycles. The number of nitro benzene ring substituents is 1. The third-order valence-electron chi connectivity index (χ3n) is 3.37. The van der Waals surface area contributed by atoms with Crippen LogP contribution < -0.4 is 15.5 Å². The van der Waals surface area contributed by atoms with E-state index in [0.717, 1.165) is 24.3 Å². The lowest BCUT2D eigenvalue weighted by molar-refractivity contribution is -0.384. The molecule has 13 heteroatoms. The van der Waals surface area contributed by atoms with Gasteiger partial charge in [0.1, 0.15) is 17.2 Å². The fourth-order valence-corrected chi connectivity index (χ4v) is 2.17. The van der Waals surface area contributed by atoms with E-state index in [-0.39, 0.29) is 40.4 Å². The molecule has 0 aliphatic carbocycles. The van der Waals surface area contributed by atoms with Crippen LogP contribution in [0.2, 0.25) is 5.02 Å². The molecule has 2 aromatic rings. The fraction of sp³-hybridized carbons (Fsp3) is 0.235. The van der Waals surface area contributed by atoms with Crippen molar-refractivity contribution < 1.29 is 37.6 Å². The minimum atomic E-state index is -4.54. The van der Waals surface area contributed by atoms with E-state index in [1.54, 1.807) is 0 Å². The maximum Gasteiger partial charge on any atom is 0.416 e. The number of methoxy groups -OCH3 is 1. The van der Waals surface area contributed by atoms with Crippen LogP contribution in [0.5, 0.6) is 11.5 Å². The Balaban J connectivity index is 0.000000656. The number of esters is 1. The SMILES string of the molecule is CN(O)c1cc(Oc2ccc(C(F)(F)F)cc2Cl)ccc1[N+](=O)[O-].COC(=O)CN. The molecule has 0 atom stereocenters. The van der Waals surface area contributed by atoms with E-state index in [0.29, 0.717) is 11.1 Å². The molecule has 0 saturated carbocycles. The second-order valence-corrected chi connectivity index (χ2v) is 5.86. The van der Waals surface area contributed by atoms with Crippen LogP contribution in [0.3, 0.4) is 0 Å². The number of benzene rings is 2. The predicted octanol–water partition coefficient (Wildman–Crippen LogP) is 4.00. The summed E-state index contributed by atoms with van der Waals surface area (Å²) in [4.78, 5) is 20.0. The zero-order valence-electron chi connectivity index (χ0n) is 15.6. The number of rotatable bonds is 5. The molecule has 0 aliphatic rings. The maximum atomic E-state index is 12.6. The van der Waals surface area contributed by atoms with Crippen molar-refractivity contribution in [3.63, 3.8) is 0 Å². The highest BCUT2D eigenvalue weighted by Crippen LogP contribution is 2.38. The number of alkyl halides is 3. The molecular formula is C17H17ClF3N3O6. The van der Waals surface area contributed by atoms with Gasteiger partial charge in [-0.25, -0.2) is 0 Å². The summed E-state index contributed by atoms with van der Waals surface area (Å²) in [6.07, 6.45) is -4.54. The topological polar surface area (TPSA) is 128 Å². The monoisotopic (exact) mass is 451 g/mol. The first-order chi connectivity index (χ1) is 13.9. The molecule has 164 valence electrons. The number of anilines is 1. The molecule has 0 unspecified atom stereocenters. The summed E-state index contributed by atoms with van der Waals surface area (Å²) < 4.78 is 47.3. The summed E-state index contributed by atoms with van der Waals surface area (Å²) in [6, 6.07) is 6.03. The summed E-state index contributed by atoms with van der Waals surface area (Å²) >= 11 is 5.78. The number of halogens is 4. The lowest BCUT2D eigenvalue weighted by Crippen LogP contribution is -2.14. The van der Waals surface area contributed by atoms with Crippen molar-refractivity contribution in [1.29, 1.82) is 0 Å². The van der Waals surface area contributed by atoms with Crippen molar-refractivity contribution >= 4 is 28.9 Å². The fourth-order valence-electron chi connectivity index (χ4n) is 1.95. The minimum absolute atomic E-state index is 0.0312. The highest BCUT2D eigenvalue weighted by atomic mass is 35.5. The first-order valence-corrected chi connectivity index (χ1v) is 8.31. The molecule has 0 bridgehead atoms. The average molecular weight is 452 g/mol. The Morgan fingerprint density at radius 3 is 2.33 bits per heavy atom. The molecule has 0 heterocycles. The van der Waals surface area contributed by atoms with E-state index in [4.69, 9.17) is 22.1 Å². The number of hydrogen-bond donors (Lipinski definition) is 2. The number of hydrogen-bond acceptors (Lipinski definition) is 8. The van der Waals surface area contributed by atoms with Gasteiger partial charge in [-0.2, -0.15) is 13.2 Å². The Bertz CT molecular complexity index is 903. The van der Waals surface area contributed by atoms with Crippen molar-refractivity contribution in [2.24, 2.45) is 5.73 Å². The van der Waals surface area contributed by atoms with Gasteiger partial charge in [0, 0.05) is 19.2 Å². The van der Waals surface area contributed by atoms with Crippen molar-refractivity contribution in [3.05, 3.63) is 57.1 Å². The quantitative estimate of drug-likeness (QED) is 0.396. The number of nitrogens with zero attached hydrogens (tertiary/aromatic N) is 2. The molecule has 0 fully saturated rings. The summed E-state index contributed by atoms with van der Waals surface area (Å²) in [5, 5.41) is 20.6. The van der Waals surface area contributed by atoms with Gasteiger partial charge in [-0.1, -0.05) is 11.6 Å². The minimum Gasteiger partial charge on any atom is -0.468 e. The van der Waals surface area contributed by atoms with Crippen LogP contribution in [0.1, 0.15) is 5.56 Å². The molecule has 0 aliphatic heterocycles. The van der Waals surface area contributed by atoms with Crippen LogP contribution in [0.15, 0.2) is 36.4 Å². The van der Waals surface area contributed by atoms with Crippen LogP contribution in [0.25, 0.3) is 0 Å². The number of carbonyl (C=O) groups is 1. The van der Waals surface area contributed by atoms with Crippen LogP contribution in [0.4, 0.5) is 24.5 Å². The van der Waals surface area contributed by atoms with Gasteiger partial charge in [-0.15, -0.1) is 0 Å². The molecular weight excluding hydrogens is 435 g/mol. The molecule has 2 aromatic carbocycles. The predicted molar refractivity (Wildman–Crippen MR) is 101 cm³/mol. The summed E-state index contributed by atoms with van der Waals surface area (Å²) in [5.41, 5.74) is 3.35. The smallest absolute Gasteiger partial charge is 0.416 e. The number of nitro groups is 1. The van der Waals surface area contributed by atoms with Crippen molar-refractivity contribution in [1.82, 2.24) is 0 Å². The Kier molecular flexibility index (Phi) is 8.83. The highest BCUT2D eigenvalue weighted by molar-refractivity contribution is 6.32. The zero-order valence-corrected chi connectivity index (χ0v) is 16.4. The van der Waals surface area contributed by atoms with E-state index in [1.807, 2.05) is 0 Å². The van der Waals surface area contributed by atoms with Crippen LogP contribution in [-0.2, 0) is 15.7 Å². The first-order valence-electron chi connectivity index (χ1n) is 7.93. The molecule has 0 aromatic heterocycles. The molecule has 0 spiro atoms. The average Bonchev–Trinajstić information content (AvgIpc) is 2.68. The van der Waals surface area contributed by atoms with E-state index in [9.17, 15) is 33.3 Å². The van der Waals surface area contributed by atoms with E-state index in [1.165, 1.54) is 20.2 Å². The Morgan fingerprint density at radius 2 is 1.93 bits per heavy atom. The van der Waals surface area contributed by atoms with Gasteiger partial charge in [0.15, 0.2) is 0 Å². The summed E-state index contributed by atoms with van der Waals surface area (Å²) in [5.74, 6) is -0.391. The van der Waals surface area contributed by atoms with Gasteiger partial charge in [0.2, 0.25) is 0 Å². The standard InChI is InChI=1S/C14H10ClF3N2O4.C3H7NO2/c1-19(21)12-7-9(3-4-11(12)20(22)23)24-13-5-2-8(6-10(13)15)14(16,17)18;1-6-3(5)2-4/h2-7,21H,1H3;2,4H2,1H3. The van der Waals surface area contributed by atoms with Gasteiger partial charge in [0.05, 0.1) is 29.2 Å². The third-order valence-corrected chi connectivity index (χ3v) is 3.67. The first kappa shape index (κ1) is 24.9. The van der Waals surface area contributed by atoms with Crippen LogP contribution >= 0.6 is 11.6 Å². The Morgan fingerprint density at radius 1 is 1.30 bits per heavy atom. The lowest BCUT2D eigenvalue weighted by Gasteiger charge is -2.14. The second-order valence-electron chi connectivity index (χ2n) is 5.46. The zero-order chi connectivity index (χ0) is 23.1. The Labute approximate surface area is 173 Å². The Hall–Kier alpha value is -3.09. The molecule has 2 rings (SSSR count). The maximum absolute atomic E-state index is 12.6. The summed E-state index contributed by atoms with van der Waals surface area (Å²) in [6.45, 7) is -0.0312. The number of carbonyl (C=O) groups excluding carboxylic acids is 1. The van der Waals surface area contributed by atoms with Crippen molar-refractivity contribution in [2.75, 3.05) is 25.8 Å². The lowest BCUT2D eigenvalue weighted by atomic mass is 10.2. The van der Waals surface area contributed by atoms with Crippen LogP contribution in [-0.4, -0.2) is 36.8 Å². The van der Waals surface area contributed by atoms with Crippen molar-refractivity contribution in [2.45, 2.75) is 6.18 Å². The van der Waals surface area contributed by atoms with E-state index in [2.05, 4.69) is 4.74 Å². The largest absolute Gasteiger partial charge is 0.468 e. The van der Waals surface area contributed by atoms with Crippen LogP contribution in [0, 0.1) is 10.1 Å². The third kappa shape index (κ3) is 7.06. The molecule has 30 heavy (non-hydrogen) atoms. The molecule has 9 nitrogen and oxygen atoms in total. The highest BCUT2D eigenvalue weighted by Gasteiger charge is 2.31. The normalized spacial score (nSPS) is 10.5. The van der Waals surface area contributed by atoms with Crippen molar-refractivity contribution in [3.8, 4) is 11.5 Å². The summed E-state index contributed by atoms with van der Waals surface area (Å²) in [7, 11) is 2.48. The molecule has 0 amide bonds. The van der Waals surface area contributed by atoms with E-state index < -0.39 is 16.7 Å². The molecule has 3 N–H and O–H groups in total. The number of nitrogens with two attached hydrogens (primary N) is 1. The van der Waals surface area contributed by atoms with Gasteiger partial charge < -0.3 is 15.2 Å². The van der Waals surface area contributed by atoms with Gasteiger partial charge in [0.25, 0.3) is 5.69 Å².